The van der Waals surface area contributed by atoms with Crippen molar-refractivity contribution in [2.45, 2.75) is 25.3 Å². The summed E-state index contributed by atoms with van der Waals surface area (Å²) in [5, 5.41) is 3.45. The molecular formula is C13H19N3O. The van der Waals surface area contributed by atoms with Crippen LogP contribution < -0.4 is 10.2 Å². The Labute approximate surface area is 102 Å². The third-order valence-corrected chi connectivity index (χ3v) is 3.48. The van der Waals surface area contributed by atoms with E-state index in [1.54, 1.807) is 0 Å². The highest BCUT2D eigenvalue weighted by Gasteiger charge is 2.16. The zero-order valence-electron chi connectivity index (χ0n) is 10.1. The van der Waals surface area contributed by atoms with Crippen molar-refractivity contribution in [2.24, 2.45) is 0 Å². The number of aromatic nitrogens is 1. The van der Waals surface area contributed by atoms with Crippen molar-refractivity contribution in [2.75, 3.05) is 36.5 Å². The second-order valence-corrected chi connectivity index (χ2v) is 4.80. The van der Waals surface area contributed by atoms with Crippen LogP contribution in [0, 0.1) is 0 Å². The fraction of sp³-hybridized carbons (Fsp3) is 0.615. The molecule has 1 aromatic rings. The molecule has 0 saturated carbocycles. The number of rotatable bonds is 3. The van der Waals surface area contributed by atoms with Crippen LogP contribution in [0.1, 0.15) is 19.3 Å². The minimum atomic E-state index is 0.453. The highest BCUT2D eigenvalue weighted by molar-refractivity contribution is 5.49. The average molecular weight is 233 g/mol. The second-order valence-electron chi connectivity index (χ2n) is 4.80. The standard InChI is InChI=1S/C13H19N3O/c1-2-7-16(6-1)13-4-3-11(9-14-13)15-12-5-8-17-10-12/h3-4,9,12,15H,1-2,5-8,10H2. The van der Waals surface area contributed by atoms with Crippen molar-refractivity contribution in [3.8, 4) is 0 Å². The fourth-order valence-electron chi connectivity index (χ4n) is 2.49. The lowest BCUT2D eigenvalue weighted by Crippen LogP contribution is -2.20. The number of nitrogens with one attached hydrogen (secondary N) is 1. The molecule has 1 N–H and O–H groups in total. The van der Waals surface area contributed by atoms with Gasteiger partial charge in [-0.25, -0.2) is 4.98 Å². The van der Waals surface area contributed by atoms with Gasteiger partial charge in [-0.1, -0.05) is 0 Å². The van der Waals surface area contributed by atoms with Crippen LogP contribution in [0.4, 0.5) is 11.5 Å². The van der Waals surface area contributed by atoms with Crippen LogP contribution in [0.3, 0.4) is 0 Å². The topological polar surface area (TPSA) is 37.4 Å². The van der Waals surface area contributed by atoms with Crippen molar-refractivity contribution >= 4 is 11.5 Å². The van der Waals surface area contributed by atoms with E-state index in [4.69, 9.17) is 4.74 Å². The van der Waals surface area contributed by atoms with E-state index >= 15 is 0 Å². The Morgan fingerprint density at radius 3 is 2.82 bits per heavy atom. The van der Waals surface area contributed by atoms with Crippen LogP contribution in [0.25, 0.3) is 0 Å². The summed E-state index contributed by atoms with van der Waals surface area (Å²) < 4.78 is 5.34. The molecular weight excluding hydrogens is 214 g/mol. The molecule has 2 saturated heterocycles. The van der Waals surface area contributed by atoms with Gasteiger partial charge in [-0.05, 0) is 31.4 Å². The molecule has 0 amide bonds. The minimum absolute atomic E-state index is 0.453. The number of anilines is 2. The van der Waals surface area contributed by atoms with Crippen molar-refractivity contribution in [1.82, 2.24) is 4.98 Å². The molecule has 1 unspecified atom stereocenters. The van der Waals surface area contributed by atoms with Gasteiger partial charge in [0.15, 0.2) is 0 Å². The van der Waals surface area contributed by atoms with E-state index in [-0.39, 0.29) is 0 Å². The summed E-state index contributed by atoms with van der Waals surface area (Å²) in [7, 11) is 0. The Morgan fingerprint density at radius 2 is 2.18 bits per heavy atom. The molecule has 1 atom stereocenters. The van der Waals surface area contributed by atoms with Gasteiger partial charge >= 0.3 is 0 Å². The molecule has 0 radical (unpaired) electrons. The monoisotopic (exact) mass is 233 g/mol. The molecule has 3 heterocycles. The quantitative estimate of drug-likeness (QED) is 0.865. The normalized spacial score (nSPS) is 24.2. The number of nitrogens with zero attached hydrogens (tertiary/aromatic N) is 2. The van der Waals surface area contributed by atoms with E-state index in [2.05, 4.69) is 27.3 Å². The summed E-state index contributed by atoms with van der Waals surface area (Å²) in [6.45, 7) is 3.98. The molecule has 3 rings (SSSR count). The summed E-state index contributed by atoms with van der Waals surface area (Å²) in [6, 6.07) is 4.69. The van der Waals surface area contributed by atoms with E-state index in [0.717, 1.165) is 44.2 Å². The van der Waals surface area contributed by atoms with Gasteiger partial charge in [-0.2, -0.15) is 0 Å². The van der Waals surface area contributed by atoms with Gasteiger partial charge in [0, 0.05) is 19.7 Å². The largest absolute Gasteiger partial charge is 0.379 e. The van der Waals surface area contributed by atoms with Crippen LogP contribution >= 0.6 is 0 Å². The smallest absolute Gasteiger partial charge is 0.128 e. The first-order valence-corrected chi connectivity index (χ1v) is 6.47. The summed E-state index contributed by atoms with van der Waals surface area (Å²) in [5.41, 5.74) is 1.10. The molecule has 17 heavy (non-hydrogen) atoms. The Balaban J connectivity index is 1.62. The molecule has 4 heteroatoms. The molecule has 0 spiro atoms. The molecule has 0 aliphatic carbocycles. The fourth-order valence-corrected chi connectivity index (χ4v) is 2.49. The maximum Gasteiger partial charge on any atom is 0.128 e. The first-order chi connectivity index (χ1) is 8.42. The SMILES string of the molecule is c1cc(N2CCCC2)ncc1NC1CCOC1. The highest BCUT2D eigenvalue weighted by atomic mass is 16.5. The summed E-state index contributed by atoms with van der Waals surface area (Å²) >= 11 is 0. The van der Waals surface area contributed by atoms with Gasteiger partial charge < -0.3 is 15.0 Å². The Kier molecular flexibility index (Phi) is 3.14. The predicted molar refractivity (Wildman–Crippen MR) is 68.5 cm³/mol. The van der Waals surface area contributed by atoms with Crippen molar-refractivity contribution in [1.29, 1.82) is 0 Å². The first-order valence-electron chi connectivity index (χ1n) is 6.47. The molecule has 0 aromatic carbocycles. The van der Waals surface area contributed by atoms with E-state index in [0.29, 0.717) is 6.04 Å². The van der Waals surface area contributed by atoms with Gasteiger partial charge in [0.2, 0.25) is 0 Å². The van der Waals surface area contributed by atoms with Gasteiger partial charge in [0.05, 0.1) is 24.5 Å². The first kappa shape index (κ1) is 10.8. The van der Waals surface area contributed by atoms with Crippen LogP contribution in [0.2, 0.25) is 0 Å². The number of hydrogen-bond acceptors (Lipinski definition) is 4. The van der Waals surface area contributed by atoms with Crippen LogP contribution in [0.5, 0.6) is 0 Å². The molecule has 4 nitrogen and oxygen atoms in total. The zero-order chi connectivity index (χ0) is 11.5. The molecule has 92 valence electrons. The molecule has 0 bridgehead atoms. The Bertz CT molecular complexity index is 353. The summed E-state index contributed by atoms with van der Waals surface area (Å²) in [4.78, 5) is 6.88. The lowest BCUT2D eigenvalue weighted by Gasteiger charge is -2.17. The maximum atomic E-state index is 5.34. The van der Waals surface area contributed by atoms with Gasteiger partial charge in [-0.3, -0.25) is 0 Å². The van der Waals surface area contributed by atoms with Gasteiger partial charge in [0.25, 0.3) is 0 Å². The van der Waals surface area contributed by atoms with Crippen LogP contribution in [0.15, 0.2) is 18.3 Å². The average Bonchev–Trinajstić information content (AvgIpc) is 3.01. The zero-order valence-corrected chi connectivity index (χ0v) is 10.1. The predicted octanol–water partition coefficient (Wildman–Crippen LogP) is 1.88. The molecule has 1 aromatic heterocycles. The highest BCUT2D eigenvalue weighted by Crippen LogP contribution is 2.20. The van der Waals surface area contributed by atoms with Crippen LogP contribution in [-0.4, -0.2) is 37.3 Å². The van der Waals surface area contributed by atoms with Crippen LogP contribution in [-0.2, 0) is 4.74 Å². The Hall–Kier alpha value is -1.29. The van der Waals surface area contributed by atoms with Gasteiger partial charge in [0.1, 0.15) is 5.82 Å². The molecule has 2 fully saturated rings. The van der Waals surface area contributed by atoms with Crippen molar-refractivity contribution in [3.63, 3.8) is 0 Å². The summed E-state index contributed by atoms with van der Waals surface area (Å²) in [6.07, 6.45) is 5.61. The lowest BCUT2D eigenvalue weighted by atomic mass is 10.2. The van der Waals surface area contributed by atoms with E-state index in [1.165, 1.54) is 12.8 Å². The number of pyridine rings is 1. The van der Waals surface area contributed by atoms with E-state index in [1.807, 2.05) is 6.20 Å². The molecule has 2 aliphatic rings. The van der Waals surface area contributed by atoms with E-state index in [9.17, 15) is 0 Å². The van der Waals surface area contributed by atoms with Crippen molar-refractivity contribution < 1.29 is 4.74 Å². The lowest BCUT2D eigenvalue weighted by molar-refractivity contribution is 0.195. The third kappa shape index (κ3) is 2.52. The van der Waals surface area contributed by atoms with E-state index < -0.39 is 0 Å². The summed E-state index contributed by atoms with van der Waals surface area (Å²) in [5.74, 6) is 1.11. The second kappa shape index (κ2) is 4.92. The Morgan fingerprint density at radius 1 is 1.29 bits per heavy atom. The van der Waals surface area contributed by atoms with Gasteiger partial charge in [-0.15, -0.1) is 0 Å². The molecule has 2 aliphatic heterocycles. The minimum Gasteiger partial charge on any atom is -0.379 e. The number of ether oxygens (including phenoxy) is 1. The maximum absolute atomic E-state index is 5.34. The van der Waals surface area contributed by atoms with Crippen molar-refractivity contribution in [3.05, 3.63) is 18.3 Å². The number of hydrogen-bond donors (Lipinski definition) is 1. The third-order valence-electron chi connectivity index (χ3n) is 3.48.